The Kier molecular flexibility index (Phi) is 4.29. The Balaban J connectivity index is 1.60. The van der Waals surface area contributed by atoms with Crippen LogP contribution in [0.5, 0.6) is 0 Å². The summed E-state index contributed by atoms with van der Waals surface area (Å²) in [4.78, 5) is 41.8. The predicted molar refractivity (Wildman–Crippen MR) is 112 cm³/mol. The Bertz CT molecular complexity index is 1040. The van der Waals surface area contributed by atoms with Crippen LogP contribution >= 0.6 is 0 Å². The smallest absolute Gasteiger partial charge is 0.250 e. The number of hydrogen-bond acceptors (Lipinski definition) is 4. The van der Waals surface area contributed by atoms with Gasteiger partial charge in [-0.1, -0.05) is 62.4 Å². The summed E-state index contributed by atoms with van der Waals surface area (Å²) in [5.74, 6) is -1.64. The molecule has 2 saturated heterocycles. The third-order valence-corrected chi connectivity index (χ3v) is 6.62. The maximum Gasteiger partial charge on any atom is 0.250 e. The van der Waals surface area contributed by atoms with Gasteiger partial charge in [-0.25, -0.2) is 0 Å². The van der Waals surface area contributed by atoms with Gasteiger partial charge in [-0.15, -0.1) is 0 Å². The van der Waals surface area contributed by atoms with Crippen molar-refractivity contribution in [1.82, 2.24) is 10.2 Å². The summed E-state index contributed by atoms with van der Waals surface area (Å²) >= 11 is 0. The summed E-state index contributed by atoms with van der Waals surface area (Å²) in [6.07, 6.45) is 0.719. The molecule has 3 amide bonds. The van der Waals surface area contributed by atoms with Gasteiger partial charge in [0.2, 0.25) is 17.7 Å². The molecule has 4 atom stereocenters. The second-order valence-corrected chi connectivity index (χ2v) is 8.94. The fraction of sp³-hybridized carbons (Fsp3) is 0.375. The molecule has 2 aromatic rings. The molecular formula is C24H25N3O3. The Morgan fingerprint density at radius 3 is 2.40 bits per heavy atom. The first kappa shape index (κ1) is 19.0. The second kappa shape index (κ2) is 6.77. The Morgan fingerprint density at radius 2 is 1.67 bits per heavy atom. The highest BCUT2D eigenvalue weighted by Gasteiger charge is 2.70. The number of likely N-dealkylation sites (tertiary alicyclic amines) is 1. The summed E-state index contributed by atoms with van der Waals surface area (Å²) in [7, 11) is 0. The van der Waals surface area contributed by atoms with E-state index >= 15 is 0 Å². The van der Waals surface area contributed by atoms with Crippen molar-refractivity contribution in [2.45, 2.75) is 38.4 Å². The van der Waals surface area contributed by atoms with Gasteiger partial charge in [0.15, 0.2) is 0 Å². The summed E-state index contributed by atoms with van der Waals surface area (Å²) in [5.41, 5.74) is 1.18. The number of nitrogens with zero attached hydrogens (tertiary/aromatic N) is 1. The second-order valence-electron chi connectivity index (χ2n) is 8.94. The minimum atomic E-state index is -1.20. The van der Waals surface area contributed by atoms with Crippen molar-refractivity contribution in [3.8, 4) is 0 Å². The van der Waals surface area contributed by atoms with E-state index in [0.29, 0.717) is 11.6 Å². The first-order valence-corrected chi connectivity index (χ1v) is 10.5. The van der Waals surface area contributed by atoms with Gasteiger partial charge < -0.3 is 5.32 Å². The molecule has 0 saturated carbocycles. The summed E-state index contributed by atoms with van der Waals surface area (Å²) in [5, 5.41) is 6.40. The van der Waals surface area contributed by atoms with Crippen LogP contribution in [0.3, 0.4) is 0 Å². The van der Waals surface area contributed by atoms with E-state index in [1.807, 2.05) is 54.6 Å². The van der Waals surface area contributed by atoms with E-state index in [1.54, 1.807) is 0 Å². The standard InChI is InChI=1S/C24H25N3O3/c1-14(2)12-18-19-20(22(29)27(21(19)28)13-15-8-4-3-5-9-15)24(26-18)16-10-6-7-11-17(16)25-23(24)30/h3-11,14,18-20,26H,12-13H2,1-2H3,(H,25,30). The molecule has 2 N–H and O–H groups in total. The Labute approximate surface area is 175 Å². The lowest BCUT2D eigenvalue weighted by atomic mass is 9.76. The van der Waals surface area contributed by atoms with Crippen LogP contribution in [0, 0.1) is 17.8 Å². The van der Waals surface area contributed by atoms with Crippen LogP contribution in [-0.4, -0.2) is 28.7 Å². The van der Waals surface area contributed by atoms with Crippen LogP contribution in [0.2, 0.25) is 0 Å². The maximum atomic E-state index is 13.6. The molecule has 0 radical (unpaired) electrons. The molecule has 1 spiro atoms. The number of imide groups is 1. The van der Waals surface area contributed by atoms with E-state index in [0.717, 1.165) is 17.5 Å². The molecule has 5 rings (SSSR count). The fourth-order valence-electron chi connectivity index (χ4n) is 5.45. The molecule has 30 heavy (non-hydrogen) atoms. The van der Waals surface area contributed by atoms with Crippen LogP contribution < -0.4 is 10.6 Å². The Morgan fingerprint density at radius 1 is 0.967 bits per heavy atom. The van der Waals surface area contributed by atoms with Gasteiger partial charge in [0.05, 0.1) is 18.4 Å². The number of carbonyl (C=O) groups excluding carboxylic acids is 3. The highest BCUT2D eigenvalue weighted by Crippen LogP contribution is 2.53. The van der Waals surface area contributed by atoms with Gasteiger partial charge in [0.25, 0.3) is 0 Å². The number of para-hydroxylation sites is 1. The first-order valence-electron chi connectivity index (χ1n) is 10.5. The number of benzene rings is 2. The SMILES string of the molecule is CC(C)CC1NC2(C(=O)Nc3ccccc32)C2C(=O)N(Cc3ccccc3)C(=O)C12. The Hall–Kier alpha value is -2.99. The number of anilines is 1. The molecule has 0 aromatic heterocycles. The lowest BCUT2D eigenvalue weighted by Crippen LogP contribution is -2.53. The van der Waals surface area contributed by atoms with Crippen LogP contribution in [-0.2, 0) is 26.5 Å². The molecule has 0 bridgehead atoms. The van der Waals surface area contributed by atoms with E-state index in [9.17, 15) is 14.4 Å². The van der Waals surface area contributed by atoms with Crippen LogP contribution in [0.25, 0.3) is 0 Å². The highest BCUT2D eigenvalue weighted by atomic mass is 16.2. The fourth-order valence-corrected chi connectivity index (χ4v) is 5.45. The minimum absolute atomic E-state index is 0.180. The van der Waals surface area contributed by atoms with Gasteiger partial charge in [0.1, 0.15) is 5.54 Å². The van der Waals surface area contributed by atoms with Crippen molar-refractivity contribution in [1.29, 1.82) is 0 Å². The molecule has 154 valence electrons. The van der Waals surface area contributed by atoms with Crippen LogP contribution in [0.1, 0.15) is 31.4 Å². The van der Waals surface area contributed by atoms with Crippen molar-refractivity contribution < 1.29 is 14.4 Å². The van der Waals surface area contributed by atoms with Crippen molar-refractivity contribution in [2.24, 2.45) is 17.8 Å². The lowest BCUT2D eigenvalue weighted by molar-refractivity contribution is -0.143. The molecule has 6 nitrogen and oxygen atoms in total. The largest absolute Gasteiger partial charge is 0.324 e. The van der Waals surface area contributed by atoms with E-state index in [-0.39, 0.29) is 30.3 Å². The number of nitrogens with one attached hydrogen (secondary N) is 2. The maximum absolute atomic E-state index is 13.6. The van der Waals surface area contributed by atoms with Crippen molar-refractivity contribution in [3.05, 3.63) is 65.7 Å². The van der Waals surface area contributed by atoms with Gasteiger partial charge in [-0.2, -0.15) is 0 Å². The third-order valence-electron chi connectivity index (χ3n) is 6.62. The number of fused-ring (bicyclic) bond motifs is 4. The summed E-state index contributed by atoms with van der Waals surface area (Å²) in [6, 6.07) is 16.7. The third kappa shape index (κ3) is 2.56. The zero-order valence-corrected chi connectivity index (χ0v) is 17.1. The first-order chi connectivity index (χ1) is 14.4. The molecule has 6 heteroatoms. The quantitative estimate of drug-likeness (QED) is 0.770. The van der Waals surface area contributed by atoms with Crippen molar-refractivity contribution >= 4 is 23.4 Å². The van der Waals surface area contributed by atoms with Crippen molar-refractivity contribution in [3.63, 3.8) is 0 Å². The topological polar surface area (TPSA) is 78.5 Å². The van der Waals surface area contributed by atoms with E-state index in [1.165, 1.54) is 4.90 Å². The predicted octanol–water partition coefficient (Wildman–Crippen LogP) is 2.65. The monoisotopic (exact) mass is 403 g/mol. The average Bonchev–Trinajstić information content (AvgIpc) is 3.29. The molecule has 3 aliphatic heterocycles. The number of amides is 3. The molecular weight excluding hydrogens is 378 g/mol. The summed E-state index contributed by atoms with van der Waals surface area (Å²) in [6.45, 7) is 4.42. The average molecular weight is 403 g/mol. The zero-order chi connectivity index (χ0) is 21.0. The van der Waals surface area contributed by atoms with E-state index in [4.69, 9.17) is 0 Å². The normalized spacial score (nSPS) is 29.6. The lowest BCUT2D eigenvalue weighted by Gasteiger charge is -2.29. The number of rotatable bonds is 4. The van der Waals surface area contributed by atoms with Gasteiger partial charge in [-0.3, -0.25) is 24.6 Å². The molecule has 3 heterocycles. The number of hydrogen-bond donors (Lipinski definition) is 2. The molecule has 0 aliphatic carbocycles. The minimum Gasteiger partial charge on any atom is -0.324 e. The number of carbonyl (C=O) groups is 3. The van der Waals surface area contributed by atoms with Crippen molar-refractivity contribution in [2.75, 3.05) is 5.32 Å². The highest BCUT2D eigenvalue weighted by molar-refractivity contribution is 6.15. The van der Waals surface area contributed by atoms with Crippen LogP contribution in [0.15, 0.2) is 54.6 Å². The van der Waals surface area contributed by atoms with Gasteiger partial charge >= 0.3 is 0 Å². The van der Waals surface area contributed by atoms with Gasteiger partial charge in [-0.05, 0) is 24.0 Å². The molecule has 2 aromatic carbocycles. The summed E-state index contributed by atoms with van der Waals surface area (Å²) < 4.78 is 0. The molecule has 2 fully saturated rings. The molecule has 3 aliphatic rings. The van der Waals surface area contributed by atoms with E-state index < -0.39 is 17.4 Å². The molecule has 4 unspecified atom stereocenters. The van der Waals surface area contributed by atoms with E-state index in [2.05, 4.69) is 24.5 Å². The van der Waals surface area contributed by atoms with Crippen LogP contribution in [0.4, 0.5) is 5.69 Å². The zero-order valence-electron chi connectivity index (χ0n) is 17.1. The van der Waals surface area contributed by atoms with Gasteiger partial charge in [0, 0.05) is 17.3 Å².